The molecule has 138 valence electrons. The third kappa shape index (κ3) is 2.60. The van der Waals surface area contributed by atoms with Gasteiger partial charge in [0.05, 0.1) is 17.3 Å². The lowest BCUT2D eigenvalue weighted by Crippen LogP contribution is -2.13. The molecule has 0 radical (unpaired) electrons. The number of rotatable bonds is 3. The molecule has 0 aliphatic heterocycles. The molecule has 4 aromatic heterocycles. The topological polar surface area (TPSA) is 105 Å². The second-order valence-corrected chi connectivity index (χ2v) is 6.81. The van der Waals surface area contributed by atoms with Crippen molar-refractivity contribution in [2.75, 3.05) is 0 Å². The fourth-order valence-electron chi connectivity index (χ4n) is 3.89. The number of hydrogen-bond donors (Lipinski definition) is 1. The summed E-state index contributed by atoms with van der Waals surface area (Å²) in [5, 5.41) is 17.7. The molecule has 1 aliphatic carbocycles. The Morgan fingerprint density at radius 3 is 2.96 bits per heavy atom. The van der Waals surface area contributed by atoms with E-state index in [9.17, 15) is 0 Å². The lowest BCUT2D eigenvalue weighted by atomic mass is 10.0. The van der Waals surface area contributed by atoms with Gasteiger partial charge in [0.25, 0.3) is 0 Å². The Labute approximate surface area is 160 Å². The molecular formula is C20H17N7O. The predicted molar refractivity (Wildman–Crippen MR) is 102 cm³/mol. The second kappa shape index (κ2) is 6.46. The van der Waals surface area contributed by atoms with Crippen molar-refractivity contribution in [1.82, 2.24) is 29.5 Å². The van der Waals surface area contributed by atoms with E-state index in [2.05, 4.69) is 41.7 Å². The van der Waals surface area contributed by atoms with Gasteiger partial charge in [-0.3, -0.25) is 4.40 Å². The summed E-state index contributed by atoms with van der Waals surface area (Å²) >= 11 is 0. The number of nitrogens with one attached hydrogen (secondary N) is 1. The Kier molecular flexibility index (Phi) is 3.79. The average Bonchev–Trinajstić information content (AvgIpc) is 3.45. The molecule has 1 fully saturated rings. The van der Waals surface area contributed by atoms with Gasteiger partial charge in [-0.15, -0.1) is 10.2 Å². The van der Waals surface area contributed by atoms with Crippen molar-refractivity contribution in [2.45, 2.75) is 31.8 Å². The predicted octanol–water partition coefficient (Wildman–Crippen LogP) is 3.14. The molecule has 1 aliphatic rings. The van der Waals surface area contributed by atoms with Crippen LogP contribution in [0.3, 0.4) is 0 Å². The second-order valence-electron chi connectivity index (χ2n) is 6.81. The first-order valence-electron chi connectivity index (χ1n) is 9.12. The van der Waals surface area contributed by atoms with E-state index in [1.165, 1.54) is 11.8 Å². The summed E-state index contributed by atoms with van der Waals surface area (Å²) in [6, 6.07) is 7.51. The van der Waals surface area contributed by atoms with Crippen LogP contribution < -0.4 is 4.74 Å². The molecular weight excluding hydrogens is 354 g/mol. The lowest BCUT2D eigenvalue weighted by Gasteiger charge is -2.12. The Bertz CT molecular complexity index is 1230. The van der Waals surface area contributed by atoms with Crippen LogP contribution in [0.15, 0.2) is 48.4 Å². The van der Waals surface area contributed by atoms with Gasteiger partial charge in [-0.05, 0) is 25.5 Å². The highest BCUT2D eigenvalue weighted by Gasteiger charge is 2.35. The molecule has 1 saturated carbocycles. The van der Waals surface area contributed by atoms with Crippen molar-refractivity contribution in [3.8, 4) is 11.9 Å². The molecule has 0 spiro atoms. The minimum atomic E-state index is -0.00691. The van der Waals surface area contributed by atoms with Crippen LogP contribution in [-0.2, 0) is 0 Å². The fourth-order valence-corrected chi connectivity index (χ4v) is 3.89. The highest BCUT2D eigenvalue weighted by atomic mass is 16.5. The van der Waals surface area contributed by atoms with Crippen LogP contribution in [0.4, 0.5) is 0 Å². The summed E-state index contributed by atoms with van der Waals surface area (Å²) in [6.07, 6.45) is 8.85. The summed E-state index contributed by atoms with van der Waals surface area (Å²) in [7, 11) is 0. The molecule has 28 heavy (non-hydrogen) atoms. The first-order chi connectivity index (χ1) is 13.8. The summed E-state index contributed by atoms with van der Waals surface area (Å²) in [4.78, 5) is 11.7. The molecule has 0 aromatic carbocycles. The molecule has 8 heteroatoms. The van der Waals surface area contributed by atoms with Gasteiger partial charge in [-0.25, -0.2) is 9.97 Å². The van der Waals surface area contributed by atoms with Gasteiger partial charge < -0.3 is 9.72 Å². The van der Waals surface area contributed by atoms with Gasteiger partial charge >= 0.3 is 0 Å². The number of nitrogens with zero attached hydrogens (tertiary/aromatic N) is 6. The van der Waals surface area contributed by atoms with Crippen LogP contribution in [0, 0.1) is 11.3 Å². The minimum Gasteiger partial charge on any atom is -0.474 e. The average molecular weight is 371 g/mol. The van der Waals surface area contributed by atoms with Crippen molar-refractivity contribution >= 4 is 16.8 Å². The summed E-state index contributed by atoms with van der Waals surface area (Å²) < 4.78 is 8.15. The number of H-pyrrole nitrogens is 1. The first-order valence-corrected chi connectivity index (χ1v) is 9.12. The smallest absolute Gasteiger partial charge is 0.213 e. The number of aromatic amines is 1. The monoisotopic (exact) mass is 371 g/mol. The molecule has 2 atom stereocenters. The largest absolute Gasteiger partial charge is 0.474 e. The molecule has 0 saturated heterocycles. The molecule has 4 aromatic rings. The Morgan fingerprint density at radius 1 is 1.25 bits per heavy atom. The van der Waals surface area contributed by atoms with Gasteiger partial charge in [-0.2, -0.15) is 5.26 Å². The van der Waals surface area contributed by atoms with Crippen LogP contribution in [0.1, 0.15) is 37.1 Å². The van der Waals surface area contributed by atoms with Crippen molar-refractivity contribution in [3.63, 3.8) is 0 Å². The van der Waals surface area contributed by atoms with E-state index in [1.807, 2.05) is 19.2 Å². The quantitative estimate of drug-likeness (QED) is 0.555. The molecule has 0 amide bonds. The zero-order chi connectivity index (χ0) is 19.1. The lowest BCUT2D eigenvalue weighted by molar-refractivity contribution is 0.201. The van der Waals surface area contributed by atoms with Crippen molar-refractivity contribution in [3.05, 3.63) is 59.8 Å². The highest BCUT2D eigenvalue weighted by molar-refractivity contribution is 5.74. The maximum absolute atomic E-state index is 8.91. The van der Waals surface area contributed by atoms with Gasteiger partial charge in [0.2, 0.25) is 5.88 Å². The van der Waals surface area contributed by atoms with Crippen LogP contribution in [0.25, 0.3) is 16.8 Å². The normalized spacial score (nSPS) is 20.8. The maximum Gasteiger partial charge on any atom is 0.213 e. The van der Waals surface area contributed by atoms with Gasteiger partial charge in [0.1, 0.15) is 18.0 Å². The van der Waals surface area contributed by atoms with Crippen molar-refractivity contribution in [1.29, 1.82) is 5.26 Å². The van der Waals surface area contributed by atoms with Crippen LogP contribution >= 0.6 is 0 Å². The van der Waals surface area contributed by atoms with E-state index < -0.39 is 0 Å². The standard InChI is InChI=1S/C20H17N7O/c1-2-13-7-14(28-18-4-3-12(9-21)10-23-18)8-15(13)20-26-25-17-11-24-19-16(27(17)20)5-6-22-19/h2-6,10-11,14-15,22H,7-8H2,1H3/b13-2+/t14-,15+/m0/s1. The van der Waals surface area contributed by atoms with Gasteiger partial charge in [-0.1, -0.05) is 11.6 Å². The minimum absolute atomic E-state index is 0.00691. The number of pyridine rings is 1. The molecule has 4 heterocycles. The van der Waals surface area contributed by atoms with Gasteiger partial charge in [0.15, 0.2) is 11.3 Å². The molecule has 8 nitrogen and oxygen atoms in total. The van der Waals surface area contributed by atoms with E-state index >= 15 is 0 Å². The summed E-state index contributed by atoms with van der Waals surface area (Å²) in [5.74, 6) is 1.54. The zero-order valence-corrected chi connectivity index (χ0v) is 15.2. The molecule has 0 bridgehead atoms. The van der Waals surface area contributed by atoms with Crippen LogP contribution in [0.5, 0.6) is 5.88 Å². The Morgan fingerprint density at radius 2 is 2.18 bits per heavy atom. The van der Waals surface area contributed by atoms with Crippen molar-refractivity contribution in [2.24, 2.45) is 0 Å². The van der Waals surface area contributed by atoms with E-state index in [4.69, 9.17) is 10.00 Å². The fraction of sp³-hybridized carbons (Fsp3) is 0.250. The van der Waals surface area contributed by atoms with E-state index in [-0.39, 0.29) is 12.0 Å². The number of ether oxygens (including phenoxy) is 1. The number of fused-ring (bicyclic) bond motifs is 3. The third-order valence-electron chi connectivity index (χ3n) is 5.21. The van der Waals surface area contributed by atoms with E-state index in [0.29, 0.717) is 11.4 Å². The summed E-state index contributed by atoms with van der Waals surface area (Å²) in [5.41, 5.74) is 4.29. The summed E-state index contributed by atoms with van der Waals surface area (Å²) in [6.45, 7) is 2.04. The number of hydrogen-bond acceptors (Lipinski definition) is 6. The number of nitriles is 1. The van der Waals surface area contributed by atoms with E-state index in [1.54, 1.807) is 18.3 Å². The molecule has 0 unspecified atom stereocenters. The molecule has 1 N–H and O–H groups in total. The van der Waals surface area contributed by atoms with Crippen LogP contribution in [-0.4, -0.2) is 35.7 Å². The third-order valence-corrected chi connectivity index (χ3v) is 5.21. The number of allylic oxidation sites excluding steroid dienone is 1. The number of aromatic nitrogens is 6. The van der Waals surface area contributed by atoms with E-state index in [0.717, 1.165) is 35.5 Å². The Hall–Kier alpha value is -3.73. The Balaban J connectivity index is 1.47. The maximum atomic E-state index is 8.91. The molecule has 5 rings (SSSR count). The van der Waals surface area contributed by atoms with Crippen LogP contribution in [0.2, 0.25) is 0 Å². The zero-order valence-electron chi connectivity index (χ0n) is 15.2. The first kappa shape index (κ1) is 16.4. The SMILES string of the molecule is C/C=C1\C[C@H](Oc2ccc(C#N)cn2)C[C@H]1c1nnc2cnc3[nH]ccc3n12. The highest BCUT2D eigenvalue weighted by Crippen LogP contribution is 2.40. The van der Waals surface area contributed by atoms with Gasteiger partial charge in [0, 0.05) is 30.8 Å². The van der Waals surface area contributed by atoms with Crippen molar-refractivity contribution < 1.29 is 4.74 Å².